The predicted octanol–water partition coefficient (Wildman–Crippen LogP) is 2.80. The van der Waals surface area contributed by atoms with E-state index < -0.39 is 41.2 Å². The van der Waals surface area contributed by atoms with Gasteiger partial charge in [-0.15, -0.1) is 0 Å². The molecule has 0 spiro atoms. The molecule has 0 unspecified atom stereocenters. The minimum Gasteiger partial charge on any atom is -0.461 e. The first kappa shape index (κ1) is 15.1. The molecule has 1 aromatic heterocycles. The van der Waals surface area contributed by atoms with Crippen molar-refractivity contribution in [3.8, 4) is 0 Å². The number of alkyl halides is 5. The molecule has 0 aliphatic carbocycles. The lowest BCUT2D eigenvalue weighted by molar-refractivity contribution is -0.137. The van der Waals surface area contributed by atoms with Crippen molar-refractivity contribution in [2.24, 2.45) is 0 Å². The van der Waals surface area contributed by atoms with Gasteiger partial charge in [0.15, 0.2) is 5.69 Å². The fourth-order valence-corrected chi connectivity index (χ4v) is 1.34. The first-order valence-electron chi connectivity index (χ1n) is 5.01. The maximum atomic E-state index is 12.7. The number of hydrogen-bond donors (Lipinski definition) is 1. The summed E-state index contributed by atoms with van der Waals surface area (Å²) < 4.78 is 67.4. The summed E-state index contributed by atoms with van der Waals surface area (Å²) in [6.07, 6.45) is -8.16. The number of carbonyl (C=O) groups is 1. The van der Waals surface area contributed by atoms with Crippen LogP contribution in [0.2, 0.25) is 0 Å². The summed E-state index contributed by atoms with van der Waals surface area (Å²) >= 11 is 0. The number of carbonyl (C=O) groups excluding carboxylic acids is 1. The average molecular weight is 284 g/mol. The Balaban J connectivity index is 3.49. The fraction of sp³-hybridized carbons (Fsp3) is 0.400. The largest absolute Gasteiger partial charge is 0.461 e. The van der Waals surface area contributed by atoms with Gasteiger partial charge in [0.1, 0.15) is 11.3 Å². The molecule has 0 fully saturated rings. The van der Waals surface area contributed by atoms with E-state index in [-0.39, 0.29) is 6.61 Å². The second kappa shape index (κ2) is 5.37. The van der Waals surface area contributed by atoms with Crippen molar-refractivity contribution < 1.29 is 31.5 Å². The minimum absolute atomic E-state index is 0.226. The standard InChI is InChI=1S/C10H9F5N2O2/c1-2-19-9(18)7-6(10(13,14)15)4(16)3-5(17-7)8(11)12/h3,8H,2H2,1H3,(H2,16,17). The van der Waals surface area contributed by atoms with Gasteiger partial charge >= 0.3 is 12.1 Å². The monoisotopic (exact) mass is 284 g/mol. The number of nitrogens with two attached hydrogens (primary N) is 1. The van der Waals surface area contributed by atoms with E-state index in [1.165, 1.54) is 6.92 Å². The van der Waals surface area contributed by atoms with E-state index in [9.17, 15) is 26.7 Å². The summed E-state index contributed by atoms with van der Waals surface area (Å²) in [5.41, 5.74) is 0.227. The molecule has 0 radical (unpaired) electrons. The Morgan fingerprint density at radius 1 is 1.47 bits per heavy atom. The van der Waals surface area contributed by atoms with Crippen molar-refractivity contribution in [1.82, 2.24) is 4.98 Å². The molecule has 4 nitrogen and oxygen atoms in total. The Labute approximate surface area is 104 Å². The zero-order valence-corrected chi connectivity index (χ0v) is 9.59. The highest BCUT2D eigenvalue weighted by Gasteiger charge is 2.40. The highest BCUT2D eigenvalue weighted by Crippen LogP contribution is 2.37. The number of esters is 1. The Morgan fingerprint density at radius 3 is 2.47 bits per heavy atom. The molecule has 0 amide bonds. The minimum atomic E-state index is -5.00. The zero-order valence-electron chi connectivity index (χ0n) is 9.59. The highest BCUT2D eigenvalue weighted by molar-refractivity contribution is 5.91. The Morgan fingerprint density at radius 2 is 2.05 bits per heavy atom. The third-order valence-electron chi connectivity index (χ3n) is 2.05. The van der Waals surface area contributed by atoms with E-state index in [4.69, 9.17) is 5.73 Å². The van der Waals surface area contributed by atoms with Crippen LogP contribution in [0.25, 0.3) is 0 Å². The van der Waals surface area contributed by atoms with Crippen molar-refractivity contribution in [3.05, 3.63) is 23.0 Å². The highest BCUT2D eigenvalue weighted by atomic mass is 19.4. The van der Waals surface area contributed by atoms with Crippen LogP contribution in [0.1, 0.15) is 35.1 Å². The smallest absolute Gasteiger partial charge is 0.420 e. The molecule has 1 rings (SSSR count). The quantitative estimate of drug-likeness (QED) is 0.684. The molecule has 0 saturated heterocycles. The van der Waals surface area contributed by atoms with E-state index in [2.05, 4.69) is 9.72 Å². The lowest BCUT2D eigenvalue weighted by Crippen LogP contribution is -2.20. The SMILES string of the molecule is CCOC(=O)c1nc(C(F)F)cc(N)c1C(F)(F)F. The van der Waals surface area contributed by atoms with E-state index >= 15 is 0 Å². The molecule has 9 heteroatoms. The second-order valence-corrected chi connectivity index (χ2v) is 3.38. The number of ether oxygens (including phenoxy) is 1. The third kappa shape index (κ3) is 3.30. The summed E-state index contributed by atoms with van der Waals surface area (Å²) in [5.74, 6) is -1.45. The topological polar surface area (TPSA) is 65.2 Å². The van der Waals surface area contributed by atoms with Gasteiger partial charge in [-0.05, 0) is 13.0 Å². The molecule has 0 aliphatic heterocycles. The average Bonchev–Trinajstić information content (AvgIpc) is 2.26. The first-order chi connectivity index (χ1) is 8.68. The van der Waals surface area contributed by atoms with Crippen LogP contribution in [0.3, 0.4) is 0 Å². The van der Waals surface area contributed by atoms with Gasteiger partial charge in [0.05, 0.1) is 6.61 Å². The van der Waals surface area contributed by atoms with Crippen LogP contribution < -0.4 is 5.73 Å². The van der Waals surface area contributed by atoms with Crippen LogP contribution in [0.4, 0.5) is 27.6 Å². The number of aromatic nitrogens is 1. The molecule has 0 atom stereocenters. The van der Waals surface area contributed by atoms with E-state index in [1.54, 1.807) is 0 Å². The molecule has 0 bridgehead atoms. The maximum absolute atomic E-state index is 12.7. The zero-order chi connectivity index (χ0) is 14.8. The molecule has 0 aliphatic rings. The molecule has 0 saturated carbocycles. The number of halogens is 5. The van der Waals surface area contributed by atoms with E-state index in [0.29, 0.717) is 6.07 Å². The molecule has 106 valence electrons. The van der Waals surface area contributed by atoms with Gasteiger partial charge < -0.3 is 10.5 Å². The molecular formula is C10H9F5N2O2. The number of nitrogen functional groups attached to an aromatic ring is 1. The van der Waals surface area contributed by atoms with Gasteiger partial charge in [-0.3, -0.25) is 0 Å². The third-order valence-corrected chi connectivity index (χ3v) is 2.05. The van der Waals surface area contributed by atoms with Crippen LogP contribution in [0, 0.1) is 0 Å². The van der Waals surface area contributed by atoms with Crippen molar-refractivity contribution >= 4 is 11.7 Å². The molecular weight excluding hydrogens is 275 g/mol. The molecule has 1 heterocycles. The number of nitrogens with zero attached hydrogens (tertiary/aromatic N) is 1. The van der Waals surface area contributed by atoms with Gasteiger partial charge in [0.25, 0.3) is 6.43 Å². The van der Waals surface area contributed by atoms with Gasteiger partial charge in [0.2, 0.25) is 0 Å². The summed E-state index contributed by atoms with van der Waals surface area (Å²) in [6.45, 7) is 1.13. The van der Waals surface area contributed by atoms with Gasteiger partial charge in [-0.1, -0.05) is 0 Å². The lowest BCUT2D eigenvalue weighted by atomic mass is 10.1. The second-order valence-electron chi connectivity index (χ2n) is 3.38. The van der Waals surface area contributed by atoms with E-state index in [1.807, 2.05) is 0 Å². The normalized spacial score (nSPS) is 11.7. The fourth-order valence-electron chi connectivity index (χ4n) is 1.34. The van der Waals surface area contributed by atoms with Crippen molar-refractivity contribution in [2.75, 3.05) is 12.3 Å². The molecule has 1 aromatic rings. The van der Waals surface area contributed by atoms with Crippen LogP contribution in [0.5, 0.6) is 0 Å². The van der Waals surface area contributed by atoms with Crippen LogP contribution in [-0.2, 0) is 10.9 Å². The molecule has 2 N–H and O–H groups in total. The molecule has 19 heavy (non-hydrogen) atoms. The van der Waals surface area contributed by atoms with Crippen LogP contribution >= 0.6 is 0 Å². The Kier molecular flexibility index (Phi) is 4.28. The number of pyridine rings is 1. The Bertz CT molecular complexity index is 488. The van der Waals surface area contributed by atoms with E-state index in [0.717, 1.165) is 0 Å². The van der Waals surface area contributed by atoms with Crippen molar-refractivity contribution in [1.29, 1.82) is 0 Å². The van der Waals surface area contributed by atoms with Crippen molar-refractivity contribution in [3.63, 3.8) is 0 Å². The summed E-state index contributed by atoms with van der Waals surface area (Å²) in [5, 5.41) is 0. The lowest BCUT2D eigenvalue weighted by Gasteiger charge is -2.15. The summed E-state index contributed by atoms with van der Waals surface area (Å²) in [4.78, 5) is 14.3. The maximum Gasteiger partial charge on any atom is 0.420 e. The number of rotatable bonds is 3. The van der Waals surface area contributed by atoms with Gasteiger partial charge in [-0.25, -0.2) is 18.6 Å². The summed E-state index contributed by atoms with van der Waals surface area (Å²) in [7, 11) is 0. The number of anilines is 1. The molecule has 0 aromatic carbocycles. The van der Waals surface area contributed by atoms with Gasteiger partial charge in [-0.2, -0.15) is 13.2 Å². The predicted molar refractivity (Wildman–Crippen MR) is 54.6 cm³/mol. The van der Waals surface area contributed by atoms with Crippen LogP contribution in [0.15, 0.2) is 6.07 Å². The van der Waals surface area contributed by atoms with Crippen molar-refractivity contribution in [2.45, 2.75) is 19.5 Å². The van der Waals surface area contributed by atoms with Crippen LogP contribution in [-0.4, -0.2) is 17.6 Å². The van der Waals surface area contributed by atoms with Gasteiger partial charge in [0, 0.05) is 5.69 Å². The first-order valence-corrected chi connectivity index (χ1v) is 5.01. The Hall–Kier alpha value is -1.93. The summed E-state index contributed by atoms with van der Waals surface area (Å²) in [6, 6.07) is 0.385. The number of hydrogen-bond acceptors (Lipinski definition) is 4.